The van der Waals surface area contributed by atoms with Crippen LogP contribution in [-0.2, 0) is 0 Å². The molecular formula is C17H23NO2. The number of hydrogen-bond acceptors (Lipinski definition) is 2. The summed E-state index contributed by atoms with van der Waals surface area (Å²) < 4.78 is 0. The minimum atomic E-state index is 0.0392. The lowest BCUT2D eigenvalue weighted by Crippen LogP contribution is -2.36. The molecule has 0 atom stereocenters. The Hall–Kier alpha value is -1.77. The maximum Gasteiger partial charge on any atom is 0.254 e. The molecule has 1 aliphatic rings. The van der Waals surface area contributed by atoms with Gasteiger partial charge < -0.3 is 10.0 Å². The van der Waals surface area contributed by atoms with Gasteiger partial charge in [0, 0.05) is 18.7 Å². The second kappa shape index (κ2) is 5.31. The fraction of sp³-hybridized carbons (Fsp3) is 0.471. The zero-order valence-corrected chi connectivity index (χ0v) is 12.7. The molecular weight excluding hydrogens is 250 g/mol. The van der Waals surface area contributed by atoms with E-state index in [1.165, 1.54) is 5.57 Å². The van der Waals surface area contributed by atoms with Gasteiger partial charge in [0.15, 0.2) is 0 Å². The molecule has 1 aliphatic heterocycles. The SMILES string of the molecule is Cc1cc(C(=O)N2CC=C(C(C)(C)C)CC2)ccc1O. The number of aryl methyl sites for hydroxylation is 1. The van der Waals surface area contributed by atoms with E-state index in [9.17, 15) is 9.90 Å². The van der Waals surface area contributed by atoms with Crippen molar-refractivity contribution in [2.75, 3.05) is 13.1 Å². The van der Waals surface area contributed by atoms with E-state index >= 15 is 0 Å². The second-order valence-corrected chi connectivity index (χ2v) is 6.48. The number of aromatic hydroxyl groups is 1. The van der Waals surface area contributed by atoms with Crippen LogP contribution in [0.4, 0.5) is 0 Å². The average Bonchev–Trinajstić information content (AvgIpc) is 2.40. The molecule has 1 aromatic rings. The molecule has 0 aliphatic carbocycles. The molecule has 0 radical (unpaired) electrons. The fourth-order valence-corrected chi connectivity index (χ4v) is 2.51. The second-order valence-electron chi connectivity index (χ2n) is 6.48. The van der Waals surface area contributed by atoms with E-state index in [0.29, 0.717) is 12.1 Å². The van der Waals surface area contributed by atoms with E-state index in [1.54, 1.807) is 25.1 Å². The maximum absolute atomic E-state index is 12.4. The Bertz CT molecular complexity index is 553. The Morgan fingerprint density at radius 3 is 2.50 bits per heavy atom. The summed E-state index contributed by atoms with van der Waals surface area (Å²) in [5, 5.41) is 9.53. The first-order valence-corrected chi connectivity index (χ1v) is 7.07. The van der Waals surface area contributed by atoms with Gasteiger partial charge >= 0.3 is 0 Å². The van der Waals surface area contributed by atoms with Crippen molar-refractivity contribution in [2.24, 2.45) is 5.41 Å². The molecule has 0 saturated heterocycles. The highest BCUT2D eigenvalue weighted by Gasteiger charge is 2.24. The Labute approximate surface area is 120 Å². The standard InChI is InChI=1S/C17H23NO2/c1-12-11-13(5-6-15(12)19)16(20)18-9-7-14(8-10-18)17(2,3)4/h5-7,11,19H,8-10H2,1-4H3. The monoisotopic (exact) mass is 273 g/mol. The smallest absolute Gasteiger partial charge is 0.254 e. The van der Waals surface area contributed by atoms with Crippen molar-refractivity contribution in [1.82, 2.24) is 4.90 Å². The Morgan fingerprint density at radius 1 is 1.30 bits per heavy atom. The third-order valence-electron chi connectivity index (χ3n) is 3.90. The first-order valence-electron chi connectivity index (χ1n) is 7.07. The van der Waals surface area contributed by atoms with E-state index < -0.39 is 0 Å². The van der Waals surface area contributed by atoms with Crippen LogP contribution >= 0.6 is 0 Å². The van der Waals surface area contributed by atoms with Crippen molar-refractivity contribution in [2.45, 2.75) is 34.1 Å². The van der Waals surface area contributed by atoms with E-state index in [0.717, 1.165) is 18.5 Å². The van der Waals surface area contributed by atoms with Crippen LogP contribution in [0.15, 0.2) is 29.8 Å². The van der Waals surface area contributed by atoms with Crippen molar-refractivity contribution < 1.29 is 9.90 Å². The third-order valence-corrected chi connectivity index (χ3v) is 3.90. The number of rotatable bonds is 1. The molecule has 1 N–H and O–H groups in total. The average molecular weight is 273 g/mol. The van der Waals surface area contributed by atoms with Crippen LogP contribution < -0.4 is 0 Å². The molecule has 0 bridgehead atoms. The van der Waals surface area contributed by atoms with E-state index in [1.807, 2.05) is 4.90 Å². The summed E-state index contributed by atoms with van der Waals surface area (Å²) >= 11 is 0. The third kappa shape index (κ3) is 3.03. The van der Waals surface area contributed by atoms with Crippen LogP contribution in [0.1, 0.15) is 43.1 Å². The highest BCUT2D eigenvalue weighted by atomic mass is 16.3. The van der Waals surface area contributed by atoms with Crippen LogP contribution in [0.2, 0.25) is 0 Å². The normalized spacial score (nSPS) is 16.0. The number of phenols is 1. The molecule has 3 nitrogen and oxygen atoms in total. The van der Waals surface area contributed by atoms with Gasteiger partial charge in [-0.3, -0.25) is 4.79 Å². The van der Waals surface area contributed by atoms with E-state index in [2.05, 4.69) is 26.8 Å². The number of benzene rings is 1. The lowest BCUT2D eigenvalue weighted by atomic mass is 9.83. The minimum absolute atomic E-state index is 0.0392. The van der Waals surface area contributed by atoms with Crippen molar-refractivity contribution in [3.05, 3.63) is 41.0 Å². The molecule has 2 rings (SSSR count). The Balaban J connectivity index is 2.12. The van der Waals surface area contributed by atoms with Crippen molar-refractivity contribution in [1.29, 1.82) is 0 Å². The first-order chi connectivity index (χ1) is 9.29. The number of phenolic OH excluding ortho intramolecular Hbond substituents is 1. The van der Waals surface area contributed by atoms with Crippen LogP contribution in [0.3, 0.4) is 0 Å². The lowest BCUT2D eigenvalue weighted by Gasteiger charge is -2.32. The summed E-state index contributed by atoms with van der Waals surface area (Å²) in [6, 6.07) is 5.03. The number of nitrogens with zero attached hydrogens (tertiary/aromatic N) is 1. The van der Waals surface area contributed by atoms with Crippen LogP contribution in [0.5, 0.6) is 5.75 Å². The van der Waals surface area contributed by atoms with Crippen LogP contribution in [0.25, 0.3) is 0 Å². The van der Waals surface area contributed by atoms with Gasteiger partial charge in [0.1, 0.15) is 5.75 Å². The highest BCUT2D eigenvalue weighted by Crippen LogP contribution is 2.30. The summed E-state index contributed by atoms with van der Waals surface area (Å²) in [4.78, 5) is 14.3. The number of hydrogen-bond donors (Lipinski definition) is 1. The van der Waals surface area contributed by atoms with Gasteiger partial charge in [0.05, 0.1) is 0 Å². The molecule has 1 heterocycles. The lowest BCUT2D eigenvalue weighted by molar-refractivity contribution is 0.0765. The van der Waals surface area contributed by atoms with Crippen molar-refractivity contribution in [3.8, 4) is 5.75 Å². The Kier molecular flexibility index (Phi) is 3.89. The summed E-state index contributed by atoms with van der Waals surface area (Å²) in [7, 11) is 0. The van der Waals surface area contributed by atoms with E-state index in [-0.39, 0.29) is 17.1 Å². The number of amides is 1. The zero-order chi connectivity index (χ0) is 14.9. The van der Waals surface area contributed by atoms with Gasteiger partial charge in [0.25, 0.3) is 5.91 Å². The zero-order valence-electron chi connectivity index (χ0n) is 12.7. The number of carbonyl (C=O) groups is 1. The summed E-state index contributed by atoms with van der Waals surface area (Å²) in [6.07, 6.45) is 3.11. The molecule has 0 saturated carbocycles. The Morgan fingerprint density at radius 2 is 2.00 bits per heavy atom. The predicted octanol–water partition coefficient (Wildman–Crippen LogP) is 3.52. The minimum Gasteiger partial charge on any atom is -0.508 e. The molecule has 1 aromatic carbocycles. The van der Waals surface area contributed by atoms with Crippen LogP contribution in [0, 0.1) is 12.3 Å². The molecule has 1 amide bonds. The van der Waals surface area contributed by atoms with Gasteiger partial charge in [-0.1, -0.05) is 32.4 Å². The predicted molar refractivity (Wildman–Crippen MR) is 80.9 cm³/mol. The maximum atomic E-state index is 12.4. The summed E-state index contributed by atoms with van der Waals surface area (Å²) in [5.74, 6) is 0.271. The van der Waals surface area contributed by atoms with E-state index in [4.69, 9.17) is 0 Å². The van der Waals surface area contributed by atoms with Gasteiger partial charge in [-0.15, -0.1) is 0 Å². The van der Waals surface area contributed by atoms with Crippen LogP contribution in [-0.4, -0.2) is 29.0 Å². The molecule has 20 heavy (non-hydrogen) atoms. The topological polar surface area (TPSA) is 40.5 Å². The first kappa shape index (κ1) is 14.6. The molecule has 3 heteroatoms. The molecule has 0 fully saturated rings. The van der Waals surface area contributed by atoms with Crippen molar-refractivity contribution >= 4 is 5.91 Å². The van der Waals surface area contributed by atoms with Gasteiger partial charge in [-0.05, 0) is 42.5 Å². The molecule has 0 spiro atoms. The molecule has 0 unspecified atom stereocenters. The largest absolute Gasteiger partial charge is 0.508 e. The highest BCUT2D eigenvalue weighted by molar-refractivity contribution is 5.94. The molecule has 0 aromatic heterocycles. The molecule has 108 valence electrons. The summed E-state index contributed by atoms with van der Waals surface area (Å²) in [5.41, 5.74) is 2.99. The van der Waals surface area contributed by atoms with Crippen molar-refractivity contribution in [3.63, 3.8) is 0 Å². The fourth-order valence-electron chi connectivity index (χ4n) is 2.51. The van der Waals surface area contributed by atoms with Gasteiger partial charge in [-0.2, -0.15) is 0 Å². The number of carbonyl (C=O) groups excluding carboxylic acids is 1. The summed E-state index contributed by atoms with van der Waals surface area (Å²) in [6.45, 7) is 9.87. The van der Waals surface area contributed by atoms with Gasteiger partial charge in [-0.25, -0.2) is 0 Å². The quantitative estimate of drug-likeness (QED) is 0.795. The van der Waals surface area contributed by atoms with Gasteiger partial charge in [0.2, 0.25) is 0 Å².